The van der Waals surface area contributed by atoms with E-state index in [4.69, 9.17) is 4.74 Å². The summed E-state index contributed by atoms with van der Waals surface area (Å²) in [5, 5.41) is 3.46. The molecular weight excluding hydrogens is 238 g/mol. The predicted octanol–water partition coefficient (Wildman–Crippen LogP) is 2.30. The van der Waals surface area contributed by atoms with E-state index in [9.17, 15) is 0 Å². The maximum absolute atomic E-state index is 5.77. The number of rotatable bonds is 7. The van der Waals surface area contributed by atoms with E-state index in [-0.39, 0.29) is 5.54 Å². The van der Waals surface area contributed by atoms with Crippen LogP contribution in [0.2, 0.25) is 0 Å². The van der Waals surface area contributed by atoms with Gasteiger partial charge in [0.1, 0.15) is 0 Å². The van der Waals surface area contributed by atoms with Crippen molar-refractivity contribution in [3.63, 3.8) is 0 Å². The zero-order valence-corrected chi connectivity index (χ0v) is 12.9. The highest BCUT2D eigenvalue weighted by atomic mass is 16.5. The Morgan fingerprint density at radius 1 is 1.32 bits per heavy atom. The maximum atomic E-state index is 5.77. The molecule has 0 aliphatic carbocycles. The van der Waals surface area contributed by atoms with Crippen LogP contribution in [0.25, 0.3) is 0 Å². The number of ether oxygens (including phenoxy) is 1. The van der Waals surface area contributed by atoms with Gasteiger partial charge in [-0.15, -0.1) is 0 Å². The summed E-state index contributed by atoms with van der Waals surface area (Å²) in [6.07, 6.45) is 2.79. The van der Waals surface area contributed by atoms with Crippen LogP contribution in [0.3, 0.4) is 0 Å². The van der Waals surface area contributed by atoms with E-state index in [0.717, 1.165) is 31.0 Å². The van der Waals surface area contributed by atoms with Gasteiger partial charge in [-0.2, -0.15) is 0 Å². The first-order chi connectivity index (χ1) is 8.88. The van der Waals surface area contributed by atoms with Crippen LogP contribution in [0.1, 0.15) is 32.8 Å². The van der Waals surface area contributed by atoms with E-state index in [1.54, 1.807) is 6.20 Å². The lowest BCUT2D eigenvalue weighted by Gasteiger charge is -2.21. The zero-order chi connectivity index (χ0) is 14.3. The minimum absolute atomic E-state index is 0.0953. The lowest BCUT2D eigenvalue weighted by atomic mass is 10.1. The topological polar surface area (TPSA) is 37.4 Å². The van der Waals surface area contributed by atoms with Gasteiger partial charge >= 0.3 is 0 Å². The highest BCUT2D eigenvalue weighted by molar-refractivity contribution is 5.25. The lowest BCUT2D eigenvalue weighted by molar-refractivity contribution is 0.269. The molecule has 0 aliphatic heterocycles. The third kappa shape index (κ3) is 7.13. The monoisotopic (exact) mass is 265 g/mol. The van der Waals surface area contributed by atoms with Crippen molar-refractivity contribution in [1.82, 2.24) is 15.2 Å². The summed E-state index contributed by atoms with van der Waals surface area (Å²) in [5.41, 5.74) is 1.21. The van der Waals surface area contributed by atoms with E-state index in [1.165, 1.54) is 0 Å². The average molecular weight is 265 g/mol. The molecule has 1 N–H and O–H groups in total. The van der Waals surface area contributed by atoms with Crippen LogP contribution < -0.4 is 10.1 Å². The number of pyridine rings is 1. The summed E-state index contributed by atoms with van der Waals surface area (Å²) in [6.45, 7) is 8.98. The van der Waals surface area contributed by atoms with Crippen molar-refractivity contribution in [3.05, 3.63) is 23.9 Å². The fourth-order valence-electron chi connectivity index (χ4n) is 1.60. The van der Waals surface area contributed by atoms with Gasteiger partial charge in [0.15, 0.2) is 0 Å². The molecule has 0 bridgehead atoms. The Morgan fingerprint density at radius 2 is 2.05 bits per heavy atom. The summed E-state index contributed by atoms with van der Waals surface area (Å²) in [5.74, 6) is 0.748. The molecule has 19 heavy (non-hydrogen) atoms. The molecule has 0 amide bonds. The van der Waals surface area contributed by atoms with Gasteiger partial charge in [0, 0.05) is 30.4 Å². The second-order valence-electron chi connectivity index (χ2n) is 6.08. The number of nitrogens with zero attached hydrogens (tertiary/aromatic N) is 2. The molecule has 4 nitrogen and oxygen atoms in total. The molecule has 0 unspecified atom stereocenters. The molecular formula is C15H27N3O. The van der Waals surface area contributed by atoms with Crippen LogP contribution in [-0.4, -0.2) is 42.7 Å². The molecule has 0 fully saturated rings. The molecule has 0 aliphatic rings. The first-order valence-corrected chi connectivity index (χ1v) is 6.85. The molecule has 0 saturated carbocycles. The van der Waals surface area contributed by atoms with E-state index in [1.807, 2.05) is 6.07 Å². The smallest absolute Gasteiger partial charge is 0.217 e. The molecule has 0 saturated heterocycles. The van der Waals surface area contributed by atoms with Crippen molar-refractivity contribution in [3.8, 4) is 5.88 Å². The van der Waals surface area contributed by atoms with Crippen molar-refractivity contribution in [2.75, 3.05) is 27.2 Å². The van der Waals surface area contributed by atoms with Gasteiger partial charge in [-0.3, -0.25) is 0 Å². The van der Waals surface area contributed by atoms with Crippen molar-refractivity contribution in [2.45, 2.75) is 39.3 Å². The quantitative estimate of drug-likeness (QED) is 0.768. The minimum atomic E-state index is 0.0953. The van der Waals surface area contributed by atoms with Gasteiger partial charge in [0.25, 0.3) is 0 Å². The Labute approximate surface area is 117 Å². The minimum Gasteiger partial charge on any atom is -0.477 e. The molecule has 0 spiro atoms. The van der Waals surface area contributed by atoms with Crippen molar-refractivity contribution in [1.29, 1.82) is 0 Å². The number of hydrogen-bond acceptors (Lipinski definition) is 4. The van der Waals surface area contributed by atoms with E-state index < -0.39 is 0 Å². The van der Waals surface area contributed by atoms with Crippen molar-refractivity contribution in [2.24, 2.45) is 0 Å². The van der Waals surface area contributed by atoms with Gasteiger partial charge in [-0.1, -0.05) is 6.07 Å². The molecule has 4 heteroatoms. The summed E-state index contributed by atoms with van der Waals surface area (Å²) in [6, 6.07) is 4.01. The van der Waals surface area contributed by atoms with Gasteiger partial charge in [0.05, 0.1) is 6.61 Å². The Morgan fingerprint density at radius 3 is 2.68 bits per heavy atom. The number of aromatic nitrogens is 1. The van der Waals surface area contributed by atoms with Gasteiger partial charge in [-0.25, -0.2) is 4.98 Å². The second-order valence-corrected chi connectivity index (χ2v) is 6.08. The number of hydrogen-bond donors (Lipinski definition) is 1. The third-order valence-corrected chi connectivity index (χ3v) is 2.65. The Balaban J connectivity index is 2.48. The largest absolute Gasteiger partial charge is 0.477 e. The summed E-state index contributed by atoms with van der Waals surface area (Å²) in [7, 11) is 4.14. The molecule has 108 valence electrons. The highest BCUT2D eigenvalue weighted by Gasteiger charge is 2.11. The first-order valence-electron chi connectivity index (χ1n) is 6.85. The van der Waals surface area contributed by atoms with Crippen molar-refractivity contribution >= 4 is 0 Å². The molecule has 0 radical (unpaired) electrons. The Hall–Kier alpha value is -1.13. The molecule has 0 atom stereocenters. The summed E-state index contributed by atoms with van der Waals surface area (Å²) >= 11 is 0. The van der Waals surface area contributed by atoms with Gasteiger partial charge < -0.3 is 15.0 Å². The van der Waals surface area contributed by atoms with Crippen LogP contribution >= 0.6 is 0 Å². The van der Waals surface area contributed by atoms with Crippen LogP contribution in [-0.2, 0) is 6.54 Å². The summed E-state index contributed by atoms with van der Waals surface area (Å²) < 4.78 is 5.77. The molecule has 0 aromatic carbocycles. The maximum Gasteiger partial charge on any atom is 0.217 e. The zero-order valence-electron chi connectivity index (χ0n) is 12.9. The van der Waals surface area contributed by atoms with Crippen molar-refractivity contribution < 1.29 is 4.74 Å². The molecule has 1 rings (SSSR count). The lowest BCUT2D eigenvalue weighted by Crippen LogP contribution is -2.35. The first kappa shape index (κ1) is 15.9. The molecule has 1 heterocycles. The van der Waals surface area contributed by atoms with Crippen LogP contribution in [0.15, 0.2) is 18.3 Å². The fourth-order valence-corrected chi connectivity index (χ4v) is 1.60. The van der Waals surface area contributed by atoms with E-state index in [0.29, 0.717) is 6.61 Å². The fraction of sp³-hybridized carbons (Fsp3) is 0.667. The molecule has 1 aromatic heterocycles. The molecule has 1 aromatic rings. The number of nitrogens with one attached hydrogen (secondary N) is 1. The Bertz CT molecular complexity index is 372. The van der Waals surface area contributed by atoms with Crippen LogP contribution in [0.5, 0.6) is 5.88 Å². The standard InChI is InChI=1S/C15H27N3O/c1-15(2,3)17-12-13-8-6-9-16-14(13)19-11-7-10-18(4)5/h6,8-9,17H,7,10-12H2,1-5H3. The summed E-state index contributed by atoms with van der Waals surface area (Å²) in [4.78, 5) is 6.48. The van der Waals surface area contributed by atoms with Gasteiger partial charge in [-0.05, 0) is 47.4 Å². The Kier molecular flexibility index (Phi) is 6.25. The van der Waals surface area contributed by atoms with Crippen LogP contribution in [0, 0.1) is 0 Å². The van der Waals surface area contributed by atoms with E-state index >= 15 is 0 Å². The predicted molar refractivity (Wildman–Crippen MR) is 79.5 cm³/mol. The normalized spacial score (nSPS) is 11.9. The second kappa shape index (κ2) is 7.46. The average Bonchev–Trinajstić information content (AvgIpc) is 2.32. The van der Waals surface area contributed by atoms with E-state index in [2.05, 4.69) is 56.1 Å². The van der Waals surface area contributed by atoms with Gasteiger partial charge in [0.2, 0.25) is 5.88 Å². The highest BCUT2D eigenvalue weighted by Crippen LogP contribution is 2.15. The third-order valence-electron chi connectivity index (χ3n) is 2.65. The van der Waals surface area contributed by atoms with Crippen LogP contribution in [0.4, 0.5) is 0 Å². The SMILES string of the molecule is CN(C)CCCOc1ncccc1CNC(C)(C)C.